The van der Waals surface area contributed by atoms with E-state index in [-0.39, 0.29) is 18.7 Å². The molecule has 7 heteroatoms. The minimum Gasteiger partial charge on any atom is -0.493 e. The molecule has 0 aliphatic rings. The molecule has 102 valence electrons. The van der Waals surface area contributed by atoms with E-state index < -0.39 is 12.0 Å². The van der Waals surface area contributed by atoms with Crippen molar-refractivity contribution in [3.8, 4) is 5.75 Å². The molecular formula is C12H14N2O5. The van der Waals surface area contributed by atoms with Gasteiger partial charge in [-0.1, -0.05) is 17.3 Å². The number of carboxylic acid groups (broad SMARTS) is 1. The largest absolute Gasteiger partial charge is 0.493 e. The maximum atomic E-state index is 10.6. The molecule has 1 aromatic carbocycles. The summed E-state index contributed by atoms with van der Waals surface area (Å²) in [7, 11) is 0. The molecule has 0 fully saturated rings. The van der Waals surface area contributed by atoms with Gasteiger partial charge in [-0.15, -0.1) is 0 Å². The fraction of sp³-hybridized carbons (Fsp3) is 0.250. The lowest BCUT2D eigenvalue weighted by molar-refractivity contribution is -0.138. The van der Waals surface area contributed by atoms with Crippen molar-refractivity contribution in [1.29, 1.82) is 0 Å². The molecule has 0 aromatic heterocycles. The molecule has 1 atom stereocenters. The van der Waals surface area contributed by atoms with E-state index in [1.165, 1.54) is 6.07 Å². The van der Waals surface area contributed by atoms with E-state index in [9.17, 15) is 9.59 Å². The molecule has 0 heterocycles. The Hall–Kier alpha value is -2.41. The molecule has 0 bridgehead atoms. The molecule has 0 amide bonds. The van der Waals surface area contributed by atoms with Crippen molar-refractivity contribution in [2.75, 3.05) is 6.61 Å². The Kier molecular flexibility index (Phi) is 5.49. The van der Waals surface area contributed by atoms with Gasteiger partial charge in [0.05, 0.1) is 6.61 Å². The molecule has 1 aromatic rings. The van der Waals surface area contributed by atoms with Crippen molar-refractivity contribution in [3.05, 3.63) is 29.8 Å². The van der Waals surface area contributed by atoms with Crippen LogP contribution in [0.25, 0.3) is 0 Å². The number of nitrogens with two attached hydrogens (primary N) is 1. The Bertz CT molecular complexity index is 487. The van der Waals surface area contributed by atoms with Crippen LogP contribution in [-0.4, -0.2) is 40.9 Å². The number of rotatable bonds is 7. The van der Waals surface area contributed by atoms with Crippen molar-refractivity contribution in [3.63, 3.8) is 0 Å². The number of ether oxygens (including phenoxy) is 1. The Morgan fingerprint density at radius 3 is 2.84 bits per heavy atom. The van der Waals surface area contributed by atoms with Crippen molar-refractivity contribution in [2.24, 2.45) is 10.9 Å². The highest BCUT2D eigenvalue weighted by atomic mass is 16.5. The molecule has 0 aliphatic heterocycles. The molecule has 0 aliphatic carbocycles. The number of hydrogen-bond acceptors (Lipinski definition) is 6. The minimum absolute atomic E-state index is 0.118. The zero-order valence-corrected chi connectivity index (χ0v) is 10.0. The van der Waals surface area contributed by atoms with Crippen LogP contribution in [0.3, 0.4) is 0 Å². The van der Waals surface area contributed by atoms with Gasteiger partial charge in [-0.05, 0) is 12.1 Å². The van der Waals surface area contributed by atoms with Gasteiger partial charge in [0.2, 0.25) is 0 Å². The van der Waals surface area contributed by atoms with Gasteiger partial charge in [0.25, 0.3) is 0 Å². The van der Waals surface area contributed by atoms with Crippen LogP contribution in [0.15, 0.2) is 29.4 Å². The van der Waals surface area contributed by atoms with Gasteiger partial charge < -0.3 is 20.8 Å². The summed E-state index contributed by atoms with van der Waals surface area (Å²) in [5, 5.41) is 20.1. The second-order valence-electron chi connectivity index (χ2n) is 3.71. The predicted molar refractivity (Wildman–Crippen MR) is 66.6 cm³/mol. The van der Waals surface area contributed by atoms with Crippen LogP contribution in [-0.2, 0) is 9.59 Å². The van der Waals surface area contributed by atoms with Crippen LogP contribution in [0, 0.1) is 0 Å². The SMILES string of the molecule is NC(CCOc1cccc(/C(C=O)=N/O)c1)C(=O)O. The van der Waals surface area contributed by atoms with E-state index in [1.54, 1.807) is 18.2 Å². The third-order valence-electron chi connectivity index (χ3n) is 2.36. The third kappa shape index (κ3) is 4.40. The summed E-state index contributed by atoms with van der Waals surface area (Å²) in [6.07, 6.45) is 0.577. The van der Waals surface area contributed by atoms with E-state index in [0.717, 1.165) is 0 Å². The highest BCUT2D eigenvalue weighted by Crippen LogP contribution is 2.14. The number of hydrogen-bond donors (Lipinski definition) is 3. The lowest BCUT2D eigenvalue weighted by atomic mass is 10.1. The van der Waals surface area contributed by atoms with E-state index in [0.29, 0.717) is 17.6 Å². The van der Waals surface area contributed by atoms with Crippen LogP contribution >= 0.6 is 0 Å². The molecule has 0 radical (unpaired) electrons. The quantitative estimate of drug-likeness (QED) is 0.281. The lowest BCUT2D eigenvalue weighted by Gasteiger charge is -2.09. The number of benzene rings is 1. The van der Waals surface area contributed by atoms with Crippen molar-refractivity contribution >= 4 is 18.0 Å². The van der Waals surface area contributed by atoms with Crippen molar-refractivity contribution in [1.82, 2.24) is 0 Å². The van der Waals surface area contributed by atoms with Crippen molar-refractivity contribution in [2.45, 2.75) is 12.5 Å². The Labute approximate surface area is 109 Å². The molecule has 1 rings (SSSR count). The average molecular weight is 266 g/mol. The Morgan fingerprint density at radius 1 is 1.53 bits per heavy atom. The summed E-state index contributed by atoms with van der Waals surface area (Å²) in [4.78, 5) is 21.1. The van der Waals surface area contributed by atoms with E-state index in [1.807, 2.05) is 0 Å². The van der Waals surface area contributed by atoms with Gasteiger partial charge in [-0.25, -0.2) is 0 Å². The first-order valence-corrected chi connectivity index (χ1v) is 5.47. The number of carbonyl (C=O) groups is 2. The maximum Gasteiger partial charge on any atom is 0.320 e. The summed E-state index contributed by atoms with van der Waals surface area (Å²) in [5.74, 6) is -0.661. The smallest absolute Gasteiger partial charge is 0.320 e. The Morgan fingerprint density at radius 2 is 2.26 bits per heavy atom. The number of oxime groups is 1. The number of nitrogens with zero attached hydrogens (tertiary/aromatic N) is 1. The monoisotopic (exact) mass is 266 g/mol. The van der Waals surface area contributed by atoms with Crippen LogP contribution < -0.4 is 10.5 Å². The summed E-state index contributed by atoms with van der Waals surface area (Å²) in [5.41, 5.74) is 5.61. The standard InChI is InChI=1S/C12H14N2O5/c13-10(12(16)17)4-5-19-9-3-1-2-8(6-9)11(7-15)14-18/h1-3,6-7,10,18H,4-5,13H2,(H,16,17)/b14-11+. The van der Waals surface area contributed by atoms with Gasteiger partial charge in [0, 0.05) is 12.0 Å². The minimum atomic E-state index is -1.09. The number of aldehydes is 1. The topological polar surface area (TPSA) is 122 Å². The molecule has 0 saturated carbocycles. The third-order valence-corrected chi connectivity index (χ3v) is 2.36. The summed E-state index contributed by atoms with van der Waals surface area (Å²) in [6, 6.07) is 5.37. The first-order valence-electron chi connectivity index (χ1n) is 5.47. The van der Waals surface area contributed by atoms with Gasteiger partial charge in [-0.3, -0.25) is 9.59 Å². The first kappa shape index (κ1) is 14.7. The molecule has 0 saturated heterocycles. The maximum absolute atomic E-state index is 10.6. The van der Waals surface area contributed by atoms with Gasteiger partial charge in [0.1, 0.15) is 17.5 Å². The molecule has 1 unspecified atom stereocenters. The molecular weight excluding hydrogens is 252 g/mol. The normalized spacial score (nSPS) is 12.8. The number of carboxylic acids is 1. The van der Waals surface area contributed by atoms with Gasteiger partial charge in [-0.2, -0.15) is 0 Å². The first-order chi connectivity index (χ1) is 9.08. The second kappa shape index (κ2) is 7.12. The summed E-state index contributed by atoms with van der Waals surface area (Å²) < 4.78 is 5.31. The van der Waals surface area contributed by atoms with E-state index >= 15 is 0 Å². The fourth-order valence-corrected chi connectivity index (χ4v) is 1.32. The summed E-state index contributed by atoms with van der Waals surface area (Å²) in [6.45, 7) is 0.129. The average Bonchev–Trinajstić information content (AvgIpc) is 2.40. The van der Waals surface area contributed by atoms with Gasteiger partial charge in [0.15, 0.2) is 6.29 Å². The van der Waals surface area contributed by atoms with Crippen molar-refractivity contribution < 1.29 is 24.6 Å². The zero-order valence-electron chi connectivity index (χ0n) is 10.0. The van der Waals surface area contributed by atoms with Crippen LogP contribution in [0.5, 0.6) is 5.75 Å². The number of carbonyl (C=O) groups excluding carboxylic acids is 1. The van der Waals surface area contributed by atoms with Gasteiger partial charge >= 0.3 is 5.97 Å². The van der Waals surface area contributed by atoms with E-state index in [4.69, 9.17) is 20.8 Å². The highest BCUT2D eigenvalue weighted by molar-refractivity contribution is 6.36. The predicted octanol–water partition coefficient (Wildman–Crippen LogP) is 0.245. The molecule has 4 N–H and O–H groups in total. The lowest BCUT2D eigenvalue weighted by Crippen LogP contribution is -2.31. The molecule has 7 nitrogen and oxygen atoms in total. The van der Waals surface area contributed by atoms with Crippen LogP contribution in [0.2, 0.25) is 0 Å². The molecule has 19 heavy (non-hydrogen) atoms. The zero-order chi connectivity index (χ0) is 14.3. The van der Waals surface area contributed by atoms with Crippen LogP contribution in [0.4, 0.5) is 0 Å². The van der Waals surface area contributed by atoms with E-state index in [2.05, 4.69) is 5.16 Å². The molecule has 0 spiro atoms. The summed E-state index contributed by atoms with van der Waals surface area (Å²) >= 11 is 0. The fourth-order valence-electron chi connectivity index (χ4n) is 1.32. The second-order valence-corrected chi connectivity index (χ2v) is 3.71. The number of aliphatic carboxylic acids is 1. The van der Waals surface area contributed by atoms with Crippen LogP contribution in [0.1, 0.15) is 12.0 Å². The highest BCUT2D eigenvalue weighted by Gasteiger charge is 2.11. The Balaban J connectivity index is 2.63.